The number of amides is 2. The van der Waals surface area contributed by atoms with Crippen LogP contribution in [0.1, 0.15) is 17.3 Å². The lowest BCUT2D eigenvalue weighted by Gasteiger charge is -2.22. The molecule has 27 heavy (non-hydrogen) atoms. The van der Waals surface area contributed by atoms with Crippen LogP contribution < -0.4 is 15.0 Å². The number of anilines is 2. The van der Waals surface area contributed by atoms with Crippen molar-refractivity contribution in [3.63, 3.8) is 0 Å². The van der Waals surface area contributed by atoms with Crippen LogP contribution >= 0.6 is 11.6 Å². The summed E-state index contributed by atoms with van der Waals surface area (Å²) in [5, 5.41) is 3.01. The van der Waals surface area contributed by atoms with Gasteiger partial charge in [-0.05, 0) is 30.3 Å². The lowest BCUT2D eigenvalue weighted by molar-refractivity contribution is -0.120. The van der Waals surface area contributed by atoms with Gasteiger partial charge in [-0.3, -0.25) is 9.59 Å². The van der Waals surface area contributed by atoms with Gasteiger partial charge in [0, 0.05) is 12.6 Å². The van der Waals surface area contributed by atoms with Crippen molar-refractivity contribution in [2.45, 2.75) is 6.92 Å². The third kappa shape index (κ3) is 4.98. The molecule has 0 aliphatic carbocycles. The third-order valence-electron chi connectivity index (χ3n) is 3.72. The van der Waals surface area contributed by atoms with Crippen LogP contribution in [0.25, 0.3) is 0 Å². The first-order chi connectivity index (χ1) is 12.9. The highest BCUT2D eigenvalue weighted by Crippen LogP contribution is 2.27. The number of carbonyl (C=O) groups is 3. The normalized spacial score (nSPS) is 10.1. The Morgan fingerprint density at radius 2 is 1.81 bits per heavy atom. The third-order valence-corrected chi connectivity index (χ3v) is 4.01. The topological polar surface area (TPSA) is 84.9 Å². The molecule has 0 spiro atoms. The molecule has 0 bridgehead atoms. The van der Waals surface area contributed by atoms with Crippen LogP contribution in [0.4, 0.5) is 11.4 Å². The number of halogens is 1. The van der Waals surface area contributed by atoms with Gasteiger partial charge in [-0.2, -0.15) is 0 Å². The van der Waals surface area contributed by atoms with Crippen molar-refractivity contribution in [1.29, 1.82) is 0 Å². The lowest BCUT2D eigenvalue weighted by atomic mass is 10.1. The van der Waals surface area contributed by atoms with Crippen molar-refractivity contribution in [3.8, 4) is 5.75 Å². The van der Waals surface area contributed by atoms with E-state index in [1.807, 2.05) is 0 Å². The van der Waals surface area contributed by atoms with Crippen LogP contribution in [0.2, 0.25) is 5.02 Å². The maximum Gasteiger partial charge on any atom is 0.339 e. The summed E-state index contributed by atoms with van der Waals surface area (Å²) in [6.07, 6.45) is 0. The van der Waals surface area contributed by atoms with Crippen molar-refractivity contribution < 1.29 is 23.9 Å². The summed E-state index contributed by atoms with van der Waals surface area (Å²) in [5.41, 5.74) is 0.936. The minimum Gasteiger partial charge on any atom is -0.495 e. The molecule has 0 aliphatic rings. The first-order valence-electron chi connectivity index (χ1n) is 7.96. The van der Waals surface area contributed by atoms with E-state index in [1.54, 1.807) is 36.4 Å². The van der Waals surface area contributed by atoms with Gasteiger partial charge in [-0.15, -0.1) is 0 Å². The second kappa shape index (κ2) is 9.05. The van der Waals surface area contributed by atoms with Gasteiger partial charge in [0.05, 0.1) is 30.5 Å². The highest BCUT2D eigenvalue weighted by Gasteiger charge is 2.22. The quantitative estimate of drug-likeness (QED) is 0.766. The maximum atomic E-state index is 12.4. The number of para-hydroxylation sites is 1. The second-order valence-corrected chi connectivity index (χ2v) is 5.92. The fourth-order valence-electron chi connectivity index (χ4n) is 2.45. The van der Waals surface area contributed by atoms with Gasteiger partial charge < -0.3 is 19.7 Å². The van der Waals surface area contributed by atoms with Gasteiger partial charge in [0.2, 0.25) is 11.8 Å². The Hall–Kier alpha value is -3.06. The van der Waals surface area contributed by atoms with Gasteiger partial charge in [0.25, 0.3) is 0 Å². The largest absolute Gasteiger partial charge is 0.495 e. The SMILES string of the molecule is COC(=O)c1ccccc1N(CC(=O)Nc1ccc(OC)c(Cl)c1)C(C)=O. The number of carbonyl (C=O) groups excluding carboxylic acids is 3. The van der Waals surface area contributed by atoms with E-state index in [9.17, 15) is 14.4 Å². The van der Waals surface area contributed by atoms with E-state index in [1.165, 1.54) is 32.1 Å². The fraction of sp³-hybridized carbons (Fsp3) is 0.211. The molecule has 142 valence electrons. The van der Waals surface area contributed by atoms with Crippen LogP contribution in [-0.4, -0.2) is 38.5 Å². The molecule has 0 aliphatic heterocycles. The molecule has 1 N–H and O–H groups in total. The smallest absolute Gasteiger partial charge is 0.339 e. The molecule has 0 heterocycles. The monoisotopic (exact) mass is 390 g/mol. The predicted octanol–water partition coefficient (Wildman–Crippen LogP) is 3.13. The average Bonchev–Trinajstić information content (AvgIpc) is 2.65. The Labute approximate surface area is 161 Å². The lowest BCUT2D eigenvalue weighted by Crippen LogP contribution is -2.37. The number of methoxy groups -OCH3 is 2. The highest BCUT2D eigenvalue weighted by atomic mass is 35.5. The van der Waals surface area contributed by atoms with Gasteiger partial charge in [0.15, 0.2) is 0 Å². The minimum atomic E-state index is -0.598. The van der Waals surface area contributed by atoms with Crippen LogP contribution in [0.5, 0.6) is 5.75 Å². The zero-order valence-corrected chi connectivity index (χ0v) is 15.9. The van der Waals surface area contributed by atoms with E-state index >= 15 is 0 Å². The maximum absolute atomic E-state index is 12.4. The van der Waals surface area contributed by atoms with Gasteiger partial charge >= 0.3 is 5.97 Å². The minimum absolute atomic E-state index is 0.190. The molecule has 0 saturated heterocycles. The summed E-state index contributed by atoms with van der Waals surface area (Å²) in [7, 11) is 2.74. The number of nitrogens with zero attached hydrogens (tertiary/aromatic N) is 1. The average molecular weight is 391 g/mol. The Morgan fingerprint density at radius 3 is 2.41 bits per heavy atom. The predicted molar refractivity (Wildman–Crippen MR) is 102 cm³/mol. The number of benzene rings is 2. The van der Waals surface area contributed by atoms with E-state index in [4.69, 9.17) is 21.1 Å². The molecule has 0 radical (unpaired) electrons. The number of esters is 1. The first kappa shape index (κ1) is 20.3. The fourth-order valence-corrected chi connectivity index (χ4v) is 2.70. The molecular formula is C19H19ClN2O5. The van der Waals surface area contributed by atoms with Crippen LogP contribution in [-0.2, 0) is 14.3 Å². The summed E-state index contributed by atoms with van der Waals surface area (Å²) in [4.78, 5) is 37.7. The molecule has 0 unspecified atom stereocenters. The van der Waals surface area contributed by atoms with Crippen LogP contribution in [0.3, 0.4) is 0 Å². The number of nitrogens with one attached hydrogen (secondary N) is 1. The zero-order valence-electron chi connectivity index (χ0n) is 15.1. The molecule has 0 atom stereocenters. The molecule has 2 amide bonds. The molecule has 2 aromatic carbocycles. The summed E-state index contributed by atoms with van der Waals surface area (Å²) in [6, 6.07) is 11.2. The first-order valence-corrected chi connectivity index (χ1v) is 8.34. The van der Waals surface area contributed by atoms with Gasteiger partial charge in [-0.1, -0.05) is 23.7 Å². The zero-order chi connectivity index (χ0) is 20.0. The molecule has 2 rings (SSSR count). The Balaban J connectivity index is 2.22. The van der Waals surface area contributed by atoms with E-state index < -0.39 is 17.8 Å². The van der Waals surface area contributed by atoms with Crippen molar-refractivity contribution in [1.82, 2.24) is 0 Å². The summed E-state index contributed by atoms with van der Waals surface area (Å²) in [5.74, 6) is -0.966. The van der Waals surface area contributed by atoms with E-state index in [0.717, 1.165) is 0 Å². The summed E-state index contributed by atoms with van der Waals surface area (Å²) >= 11 is 6.04. The number of hydrogen-bond donors (Lipinski definition) is 1. The van der Waals surface area contributed by atoms with Crippen LogP contribution in [0, 0.1) is 0 Å². The summed E-state index contributed by atoms with van der Waals surface area (Å²) in [6.45, 7) is 1.03. The van der Waals surface area contributed by atoms with E-state index in [0.29, 0.717) is 22.1 Å². The Kier molecular flexibility index (Phi) is 6.79. The molecule has 0 saturated carbocycles. The standard InChI is InChI=1S/C19H19ClN2O5/c1-12(23)22(16-7-5-4-6-14(16)19(25)27-3)11-18(24)21-13-8-9-17(26-2)15(20)10-13/h4-10H,11H2,1-3H3,(H,21,24). The van der Waals surface area contributed by atoms with Crippen LogP contribution in [0.15, 0.2) is 42.5 Å². The molecule has 8 heteroatoms. The summed E-state index contributed by atoms with van der Waals surface area (Å²) < 4.78 is 9.80. The Morgan fingerprint density at radius 1 is 1.11 bits per heavy atom. The number of rotatable bonds is 6. The molecule has 7 nitrogen and oxygen atoms in total. The number of hydrogen-bond acceptors (Lipinski definition) is 5. The van der Waals surface area contributed by atoms with Gasteiger partial charge in [0.1, 0.15) is 12.3 Å². The van der Waals surface area contributed by atoms with Crippen molar-refractivity contribution in [3.05, 3.63) is 53.1 Å². The van der Waals surface area contributed by atoms with Crippen molar-refractivity contribution in [2.24, 2.45) is 0 Å². The second-order valence-electron chi connectivity index (χ2n) is 5.51. The molecular weight excluding hydrogens is 372 g/mol. The molecule has 0 aromatic heterocycles. The van der Waals surface area contributed by atoms with Gasteiger partial charge in [-0.25, -0.2) is 4.79 Å². The number of ether oxygens (including phenoxy) is 2. The highest BCUT2D eigenvalue weighted by molar-refractivity contribution is 6.32. The van der Waals surface area contributed by atoms with Crippen molar-refractivity contribution in [2.75, 3.05) is 31.0 Å². The molecule has 2 aromatic rings. The van der Waals surface area contributed by atoms with Crippen molar-refractivity contribution >= 4 is 40.8 Å². The van der Waals surface area contributed by atoms with E-state index in [2.05, 4.69) is 5.32 Å². The molecule has 0 fully saturated rings. The van der Waals surface area contributed by atoms with E-state index in [-0.39, 0.29) is 12.1 Å². The Bertz CT molecular complexity index is 869.